The molecule has 0 atom stereocenters. The summed E-state index contributed by atoms with van der Waals surface area (Å²) >= 11 is 3.22. The monoisotopic (exact) mass is 361 g/mol. The van der Waals surface area contributed by atoms with Crippen molar-refractivity contribution in [2.24, 2.45) is 0 Å². The Labute approximate surface area is 123 Å². The third-order valence-electron chi connectivity index (χ3n) is 2.57. The molecule has 2 aromatic carbocycles. The van der Waals surface area contributed by atoms with Crippen LogP contribution in [0.3, 0.4) is 0 Å². The molecule has 106 valence electrons. The summed E-state index contributed by atoms with van der Waals surface area (Å²) in [5, 5.41) is 0. The Hall–Kier alpha value is -1.47. The quantitative estimate of drug-likeness (QED) is 0.902. The summed E-state index contributed by atoms with van der Waals surface area (Å²) in [6, 6.07) is 7.54. The minimum Gasteiger partial charge on any atom is -0.278 e. The summed E-state index contributed by atoms with van der Waals surface area (Å²) in [6.45, 7) is 1.81. The Morgan fingerprint density at radius 2 is 1.75 bits per heavy atom. The topological polar surface area (TPSA) is 46.2 Å². The third kappa shape index (κ3) is 3.16. The minimum atomic E-state index is -3.98. The van der Waals surface area contributed by atoms with Gasteiger partial charge in [-0.2, -0.15) is 0 Å². The first kappa shape index (κ1) is 14.9. The van der Waals surface area contributed by atoms with Crippen LogP contribution in [0.25, 0.3) is 0 Å². The molecule has 0 saturated carbocycles. The van der Waals surface area contributed by atoms with E-state index < -0.39 is 21.7 Å². The minimum absolute atomic E-state index is 0.328. The van der Waals surface area contributed by atoms with Crippen LogP contribution >= 0.6 is 15.9 Å². The molecule has 20 heavy (non-hydrogen) atoms. The lowest BCUT2D eigenvalue weighted by molar-refractivity contribution is 0.504. The average molecular weight is 362 g/mol. The number of halogens is 3. The van der Waals surface area contributed by atoms with E-state index in [1.54, 1.807) is 18.2 Å². The van der Waals surface area contributed by atoms with E-state index in [1.165, 1.54) is 0 Å². The van der Waals surface area contributed by atoms with Gasteiger partial charge in [0.1, 0.15) is 0 Å². The molecule has 2 rings (SSSR count). The van der Waals surface area contributed by atoms with Crippen molar-refractivity contribution in [3.05, 3.63) is 58.1 Å². The van der Waals surface area contributed by atoms with Gasteiger partial charge in [0.15, 0.2) is 11.6 Å². The zero-order chi connectivity index (χ0) is 14.9. The highest BCUT2D eigenvalue weighted by molar-refractivity contribution is 9.10. The third-order valence-corrected chi connectivity index (χ3v) is 4.62. The molecule has 0 aromatic heterocycles. The van der Waals surface area contributed by atoms with Gasteiger partial charge < -0.3 is 0 Å². The number of benzene rings is 2. The van der Waals surface area contributed by atoms with E-state index in [-0.39, 0.29) is 4.90 Å². The van der Waals surface area contributed by atoms with Gasteiger partial charge in [-0.3, -0.25) is 4.72 Å². The molecule has 0 spiro atoms. The van der Waals surface area contributed by atoms with Crippen molar-refractivity contribution in [3.63, 3.8) is 0 Å². The molecule has 0 bridgehead atoms. The van der Waals surface area contributed by atoms with Crippen molar-refractivity contribution in [1.29, 1.82) is 0 Å². The molecular weight excluding hydrogens is 352 g/mol. The van der Waals surface area contributed by atoms with Gasteiger partial charge in [-0.15, -0.1) is 0 Å². The standard InChI is InChI=1S/C13H10BrF2NO2S/c1-8-2-4-10(14)13(6-8)17-20(18,19)9-3-5-11(15)12(16)7-9/h2-7,17H,1H3. The van der Waals surface area contributed by atoms with Gasteiger partial charge in [-0.25, -0.2) is 17.2 Å². The number of anilines is 1. The van der Waals surface area contributed by atoms with Gasteiger partial charge in [-0.1, -0.05) is 6.07 Å². The van der Waals surface area contributed by atoms with Crippen molar-refractivity contribution < 1.29 is 17.2 Å². The maximum absolute atomic E-state index is 13.1. The zero-order valence-electron chi connectivity index (χ0n) is 10.3. The summed E-state index contributed by atoms with van der Waals surface area (Å²) < 4.78 is 53.0. The fourth-order valence-electron chi connectivity index (χ4n) is 1.57. The molecule has 7 heteroatoms. The smallest absolute Gasteiger partial charge is 0.262 e. The molecule has 0 unspecified atom stereocenters. The largest absolute Gasteiger partial charge is 0.278 e. The highest BCUT2D eigenvalue weighted by Crippen LogP contribution is 2.26. The normalized spacial score (nSPS) is 11.4. The van der Waals surface area contributed by atoms with Crippen LogP contribution in [0.1, 0.15) is 5.56 Å². The van der Waals surface area contributed by atoms with Gasteiger partial charge >= 0.3 is 0 Å². The molecule has 0 fully saturated rings. The average Bonchev–Trinajstić information content (AvgIpc) is 2.36. The van der Waals surface area contributed by atoms with E-state index >= 15 is 0 Å². The highest BCUT2D eigenvalue weighted by atomic mass is 79.9. The summed E-state index contributed by atoms with van der Waals surface area (Å²) in [5.41, 5.74) is 1.19. The van der Waals surface area contributed by atoms with E-state index in [0.717, 1.165) is 17.7 Å². The molecular formula is C13H10BrF2NO2S. The molecule has 0 aliphatic carbocycles. The summed E-state index contributed by atoms with van der Waals surface area (Å²) in [6.07, 6.45) is 0. The number of rotatable bonds is 3. The first-order valence-corrected chi connectivity index (χ1v) is 7.81. The van der Waals surface area contributed by atoms with Crippen molar-refractivity contribution >= 4 is 31.6 Å². The fourth-order valence-corrected chi connectivity index (χ4v) is 3.12. The van der Waals surface area contributed by atoms with E-state index in [0.29, 0.717) is 16.2 Å². The predicted molar refractivity (Wildman–Crippen MR) is 76.0 cm³/mol. The van der Waals surface area contributed by atoms with Crippen LogP contribution < -0.4 is 4.72 Å². The first-order chi connectivity index (χ1) is 9.29. The van der Waals surface area contributed by atoms with Gasteiger partial charge in [0.05, 0.1) is 10.6 Å². The SMILES string of the molecule is Cc1ccc(Br)c(NS(=O)(=O)c2ccc(F)c(F)c2)c1. The van der Waals surface area contributed by atoms with Gasteiger partial charge in [0, 0.05) is 4.47 Å². The van der Waals surface area contributed by atoms with Crippen molar-refractivity contribution in [2.75, 3.05) is 4.72 Å². The number of aryl methyl sites for hydroxylation is 1. The lowest BCUT2D eigenvalue weighted by Gasteiger charge is -2.10. The van der Waals surface area contributed by atoms with Crippen LogP contribution in [0.15, 0.2) is 45.8 Å². The van der Waals surface area contributed by atoms with E-state index in [1.807, 2.05) is 6.92 Å². The van der Waals surface area contributed by atoms with Gasteiger partial charge in [-0.05, 0) is 58.7 Å². The van der Waals surface area contributed by atoms with Crippen LogP contribution in [-0.2, 0) is 10.0 Å². The molecule has 0 saturated heterocycles. The van der Waals surface area contributed by atoms with Crippen molar-refractivity contribution in [3.8, 4) is 0 Å². The second-order valence-electron chi connectivity index (χ2n) is 4.16. The summed E-state index contributed by atoms with van der Waals surface area (Å²) in [7, 11) is -3.98. The maximum Gasteiger partial charge on any atom is 0.262 e. The Balaban J connectivity index is 2.40. The summed E-state index contributed by atoms with van der Waals surface area (Å²) in [4.78, 5) is -0.343. The molecule has 0 aliphatic rings. The van der Waals surface area contributed by atoms with Crippen LogP contribution in [0.2, 0.25) is 0 Å². The second kappa shape index (κ2) is 5.49. The molecule has 3 nitrogen and oxygen atoms in total. The molecule has 1 N–H and O–H groups in total. The fraction of sp³-hybridized carbons (Fsp3) is 0.0769. The Morgan fingerprint density at radius 1 is 1.05 bits per heavy atom. The predicted octanol–water partition coefficient (Wildman–Crippen LogP) is 3.84. The summed E-state index contributed by atoms with van der Waals surface area (Å²) in [5.74, 6) is -2.31. The maximum atomic E-state index is 13.1. The number of hydrogen-bond donors (Lipinski definition) is 1. The van der Waals surface area contributed by atoms with E-state index in [9.17, 15) is 17.2 Å². The second-order valence-corrected chi connectivity index (χ2v) is 6.70. The van der Waals surface area contributed by atoms with E-state index in [2.05, 4.69) is 20.7 Å². The van der Waals surface area contributed by atoms with Crippen molar-refractivity contribution in [1.82, 2.24) is 0 Å². The van der Waals surface area contributed by atoms with Crippen molar-refractivity contribution in [2.45, 2.75) is 11.8 Å². The van der Waals surface area contributed by atoms with Crippen LogP contribution in [0.5, 0.6) is 0 Å². The first-order valence-electron chi connectivity index (χ1n) is 5.53. The van der Waals surface area contributed by atoms with Gasteiger partial charge in [0.25, 0.3) is 10.0 Å². The number of nitrogens with one attached hydrogen (secondary N) is 1. The lowest BCUT2D eigenvalue weighted by atomic mass is 10.2. The Bertz CT molecular complexity index is 763. The molecule has 0 heterocycles. The van der Waals surface area contributed by atoms with E-state index in [4.69, 9.17) is 0 Å². The molecule has 2 aromatic rings. The van der Waals surface area contributed by atoms with Gasteiger partial charge in [0.2, 0.25) is 0 Å². The lowest BCUT2D eigenvalue weighted by Crippen LogP contribution is -2.14. The van der Waals surface area contributed by atoms with Crippen LogP contribution in [0, 0.1) is 18.6 Å². The number of sulfonamides is 1. The molecule has 0 aliphatic heterocycles. The van der Waals surface area contributed by atoms with Crippen LogP contribution in [-0.4, -0.2) is 8.42 Å². The Kier molecular flexibility index (Phi) is 4.10. The molecule has 0 radical (unpaired) electrons. The Morgan fingerprint density at radius 3 is 2.40 bits per heavy atom. The highest BCUT2D eigenvalue weighted by Gasteiger charge is 2.17. The number of hydrogen-bond acceptors (Lipinski definition) is 2. The molecule has 0 amide bonds. The zero-order valence-corrected chi connectivity index (χ0v) is 12.7. The van der Waals surface area contributed by atoms with Crippen LogP contribution in [0.4, 0.5) is 14.5 Å².